The third-order valence-electron chi connectivity index (χ3n) is 2.29. The molecule has 7 heteroatoms. The largest absolute Gasteiger partial charge is 0.281 e. The molecule has 0 aliphatic carbocycles. The molecule has 2 aromatic heterocycles. The maximum absolute atomic E-state index is 11.9. The van der Waals surface area contributed by atoms with Crippen LogP contribution in [0.15, 0.2) is 35.6 Å². The number of hydrogen-bond acceptors (Lipinski definition) is 4. The number of hydrogen-bond donors (Lipinski definition) is 2. The maximum atomic E-state index is 11.9. The second-order valence-electron chi connectivity index (χ2n) is 3.54. The highest BCUT2D eigenvalue weighted by Crippen LogP contribution is 2.11. The number of nitrogens with zero attached hydrogens (tertiary/aromatic N) is 2. The summed E-state index contributed by atoms with van der Waals surface area (Å²) in [5, 5.41) is 6.28. The quantitative estimate of drug-likeness (QED) is 0.833. The van der Waals surface area contributed by atoms with Crippen LogP contribution in [0.2, 0.25) is 0 Å². The molecule has 0 saturated heterocycles. The second-order valence-corrected chi connectivity index (χ2v) is 5.27. The zero-order valence-corrected chi connectivity index (χ0v) is 10.0. The van der Waals surface area contributed by atoms with E-state index in [-0.39, 0.29) is 11.4 Å². The Morgan fingerprint density at radius 3 is 2.65 bits per heavy atom. The summed E-state index contributed by atoms with van der Waals surface area (Å²) in [6.45, 7) is 1.89. The topological polar surface area (TPSA) is 87.7 Å². The predicted octanol–water partition coefficient (Wildman–Crippen LogP) is 0.592. The van der Waals surface area contributed by atoms with Crippen LogP contribution in [0, 0.1) is 6.92 Å². The Bertz CT molecular complexity index is 592. The molecule has 0 fully saturated rings. The van der Waals surface area contributed by atoms with E-state index in [0.717, 1.165) is 5.56 Å². The molecule has 0 aliphatic rings. The summed E-state index contributed by atoms with van der Waals surface area (Å²) in [5.41, 5.74) is 1.37. The lowest BCUT2D eigenvalue weighted by atomic mass is 10.3. The van der Waals surface area contributed by atoms with Crippen LogP contribution in [0.3, 0.4) is 0 Å². The highest BCUT2D eigenvalue weighted by molar-refractivity contribution is 7.89. The standard InChI is InChI=1S/C10H12N4O2S/c1-8-10(7-12-14-8)17(15,16)13-6-9-2-4-11-5-3-9/h2-5,7,13H,6H2,1H3,(H,12,14). The van der Waals surface area contributed by atoms with Gasteiger partial charge in [-0.05, 0) is 24.6 Å². The van der Waals surface area contributed by atoms with Gasteiger partial charge in [0.1, 0.15) is 4.90 Å². The van der Waals surface area contributed by atoms with Gasteiger partial charge >= 0.3 is 0 Å². The number of nitrogens with one attached hydrogen (secondary N) is 2. The van der Waals surface area contributed by atoms with E-state index in [0.29, 0.717) is 5.69 Å². The van der Waals surface area contributed by atoms with E-state index in [1.807, 2.05) is 0 Å². The number of H-pyrrole nitrogens is 1. The lowest BCUT2D eigenvalue weighted by molar-refractivity contribution is 0.580. The van der Waals surface area contributed by atoms with E-state index in [9.17, 15) is 8.42 Å². The number of aromatic amines is 1. The summed E-state index contributed by atoms with van der Waals surface area (Å²) >= 11 is 0. The van der Waals surface area contributed by atoms with Gasteiger partial charge < -0.3 is 0 Å². The van der Waals surface area contributed by atoms with Crippen LogP contribution in [0.4, 0.5) is 0 Å². The minimum Gasteiger partial charge on any atom is -0.281 e. The van der Waals surface area contributed by atoms with Gasteiger partial charge in [-0.3, -0.25) is 10.1 Å². The highest BCUT2D eigenvalue weighted by atomic mass is 32.2. The van der Waals surface area contributed by atoms with Crippen LogP contribution in [-0.4, -0.2) is 23.6 Å². The van der Waals surface area contributed by atoms with Crippen LogP contribution in [0.1, 0.15) is 11.3 Å². The Morgan fingerprint density at radius 2 is 2.06 bits per heavy atom. The van der Waals surface area contributed by atoms with Crippen LogP contribution in [0.5, 0.6) is 0 Å². The molecule has 0 atom stereocenters. The summed E-state index contributed by atoms with van der Waals surface area (Å²) < 4.78 is 26.3. The summed E-state index contributed by atoms with van der Waals surface area (Å²) in [7, 11) is -3.51. The molecular formula is C10H12N4O2S. The Balaban J connectivity index is 2.12. The normalized spacial score (nSPS) is 11.6. The maximum Gasteiger partial charge on any atom is 0.244 e. The molecule has 2 aromatic rings. The van der Waals surface area contributed by atoms with Gasteiger partial charge in [0.25, 0.3) is 0 Å². The minimum absolute atomic E-state index is 0.173. The Kier molecular flexibility index (Phi) is 3.21. The van der Waals surface area contributed by atoms with E-state index in [1.165, 1.54) is 6.20 Å². The summed E-state index contributed by atoms with van der Waals surface area (Å²) in [5.74, 6) is 0. The fraction of sp³-hybridized carbons (Fsp3) is 0.200. The molecule has 0 spiro atoms. The van der Waals surface area contributed by atoms with Crippen molar-refractivity contribution in [1.82, 2.24) is 19.9 Å². The Labute approximate surface area is 99.1 Å². The van der Waals surface area contributed by atoms with Crippen LogP contribution in [0.25, 0.3) is 0 Å². The van der Waals surface area contributed by atoms with Crippen molar-refractivity contribution in [2.24, 2.45) is 0 Å². The first-order valence-corrected chi connectivity index (χ1v) is 6.46. The van der Waals surface area contributed by atoms with Gasteiger partial charge in [-0.2, -0.15) is 5.10 Å². The monoisotopic (exact) mass is 252 g/mol. The highest BCUT2D eigenvalue weighted by Gasteiger charge is 2.17. The first kappa shape index (κ1) is 11.7. The van der Waals surface area contributed by atoms with Crippen molar-refractivity contribution < 1.29 is 8.42 Å². The van der Waals surface area contributed by atoms with Crippen molar-refractivity contribution in [3.63, 3.8) is 0 Å². The Hall–Kier alpha value is -1.73. The van der Waals surface area contributed by atoms with E-state index in [2.05, 4.69) is 19.9 Å². The molecule has 0 saturated carbocycles. The van der Waals surface area contributed by atoms with Gasteiger partial charge in [0.2, 0.25) is 10.0 Å². The molecule has 2 rings (SSSR count). The average molecular weight is 252 g/mol. The molecular weight excluding hydrogens is 240 g/mol. The molecule has 2 N–H and O–H groups in total. The number of rotatable bonds is 4. The van der Waals surface area contributed by atoms with E-state index >= 15 is 0 Å². The number of aryl methyl sites for hydroxylation is 1. The molecule has 90 valence electrons. The predicted molar refractivity (Wildman–Crippen MR) is 61.6 cm³/mol. The van der Waals surface area contributed by atoms with Crippen LogP contribution in [-0.2, 0) is 16.6 Å². The number of aromatic nitrogens is 3. The van der Waals surface area contributed by atoms with Gasteiger partial charge in [0.15, 0.2) is 0 Å². The summed E-state index contributed by atoms with van der Waals surface area (Å²) in [6, 6.07) is 3.51. The van der Waals surface area contributed by atoms with Crippen molar-refractivity contribution in [3.8, 4) is 0 Å². The van der Waals surface area contributed by atoms with Gasteiger partial charge in [-0.25, -0.2) is 13.1 Å². The number of pyridine rings is 1. The molecule has 0 unspecified atom stereocenters. The third-order valence-corrected chi connectivity index (χ3v) is 3.80. The molecule has 0 amide bonds. The van der Waals surface area contributed by atoms with Crippen molar-refractivity contribution in [2.75, 3.05) is 0 Å². The number of sulfonamides is 1. The van der Waals surface area contributed by atoms with Gasteiger partial charge in [0.05, 0.1) is 11.9 Å². The van der Waals surface area contributed by atoms with E-state index in [4.69, 9.17) is 0 Å². The zero-order chi connectivity index (χ0) is 12.3. The second kappa shape index (κ2) is 4.64. The fourth-order valence-electron chi connectivity index (χ4n) is 1.37. The zero-order valence-electron chi connectivity index (χ0n) is 9.21. The van der Waals surface area contributed by atoms with Gasteiger partial charge in [0, 0.05) is 18.9 Å². The minimum atomic E-state index is -3.51. The molecule has 0 aliphatic heterocycles. The van der Waals surface area contributed by atoms with Crippen LogP contribution < -0.4 is 4.72 Å². The third kappa shape index (κ3) is 2.69. The van der Waals surface area contributed by atoms with E-state index < -0.39 is 10.0 Å². The SMILES string of the molecule is Cc1[nH]ncc1S(=O)(=O)NCc1ccncc1. The van der Waals surface area contributed by atoms with Crippen molar-refractivity contribution in [2.45, 2.75) is 18.4 Å². The van der Waals surface area contributed by atoms with Crippen LogP contribution >= 0.6 is 0 Å². The van der Waals surface area contributed by atoms with Crippen molar-refractivity contribution in [1.29, 1.82) is 0 Å². The van der Waals surface area contributed by atoms with Crippen molar-refractivity contribution >= 4 is 10.0 Å². The first-order valence-electron chi connectivity index (χ1n) is 4.98. The summed E-state index contributed by atoms with van der Waals surface area (Å²) in [6.07, 6.45) is 4.53. The fourth-order valence-corrected chi connectivity index (χ4v) is 2.52. The molecule has 0 bridgehead atoms. The molecule has 6 nitrogen and oxygen atoms in total. The average Bonchev–Trinajstić information content (AvgIpc) is 2.75. The first-order chi connectivity index (χ1) is 8.09. The van der Waals surface area contributed by atoms with E-state index in [1.54, 1.807) is 31.5 Å². The molecule has 0 aromatic carbocycles. The van der Waals surface area contributed by atoms with Gasteiger partial charge in [-0.15, -0.1) is 0 Å². The van der Waals surface area contributed by atoms with Gasteiger partial charge in [-0.1, -0.05) is 0 Å². The molecule has 2 heterocycles. The smallest absolute Gasteiger partial charge is 0.244 e. The molecule has 0 radical (unpaired) electrons. The lowest BCUT2D eigenvalue weighted by Gasteiger charge is -2.05. The molecule has 17 heavy (non-hydrogen) atoms. The summed E-state index contributed by atoms with van der Waals surface area (Å²) in [4.78, 5) is 4.03. The lowest BCUT2D eigenvalue weighted by Crippen LogP contribution is -2.23. The van der Waals surface area contributed by atoms with Crippen molar-refractivity contribution in [3.05, 3.63) is 42.0 Å². The Morgan fingerprint density at radius 1 is 1.35 bits per heavy atom.